The molecule has 1 atom stereocenters. The van der Waals surface area contributed by atoms with E-state index in [2.05, 4.69) is 15.5 Å². The molecule has 22 heavy (non-hydrogen) atoms. The minimum Gasteiger partial charge on any atom is -0.298 e. The van der Waals surface area contributed by atoms with Crippen molar-refractivity contribution in [2.24, 2.45) is 5.10 Å². The highest BCUT2D eigenvalue weighted by molar-refractivity contribution is 5.98. The molecule has 3 rings (SSSR count). The van der Waals surface area contributed by atoms with Crippen molar-refractivity contribution in [3.63, 3.8) is 0 Å². The second-order valence-corrected chi connectivity index (χ2v) is 5.25. The van der Waals surface area contributed by atoms with Gasteiger partial charge in [0.25, 0.3) is 5.56 Å². The number of fused-ring (bicyclic) bond motifs is 1. The maximum absolute atomic E-state index is 12.3. The fourth-order valence-corrected chi connectivity index (χ4v) is 2.52. The molecule has 0 spiro atoms. The molecule has 1 unspecified atom stereocenters. The Balaban J connectivity index is 2.00. The smallest absolute Gasteiger partial charge is 0.264 e. The summed E-state index contributed by atoms with van der Waals surface area (Å²) in [7, 11) is 0. The van der Waals surface area contributed by atoms with Gasteiger partial charge in [-0.2, -0.15) is 5.10 Å². The fourth-order valence-electron chi connectivity index (χ4n) is 2.52. The van der Waals surface area contributed by atoms with Crippen LogP contribution in [0.1, 0.15) is 42.0 Å². The molecular formula is C16H16N4O2. The lowest BCUT2D eigenvalue weighted by Gasteiger charge is -2.25. The molecule has 2 aromatic rings. The fraction of sp³-hybridized carbons (Fsp3) is 0.250. The number of hydrazone groups is 1. The first kappa shape index (κ1) is 14.2. The van der Waals surface area contributed by atoms with E-state index in [4.69, 9.17) is 0 Å². The zero-order valence-electron chi connectivity index (χ0n) is 12.2. The molecule has 112 valence electrons. The largest absolute Gasteiger partial charge is 0.298 e. The Morgan fingerprint density at radius 3 is 2.86 bits per heavy atom. The van der Waals surface area contributed by atoms with E-state index >= 15 is 0 Å². The number of rotatable bonds is 3. The van der Waals surface area contributed by atoms with Crippen LogP contribution < -0.4 is 11.0 Å². The van der Waals surface area contributed by atoms with E-state index < -0.39 is 0 Å². The molecule has 0 aliphatic carbocycles. The molecule has 0 bridgehead atoms. The summed E-state index contributed by atoms with van der Waals surface area (Å²) in [6, 6.07) is 9.58. The predicted molar refractivity (Wildman–Crippen MR) is 84.4 cm³/mol. The third-order valence-electron chi connectivity index (χ3n) is 3.74. The van der Waals surface area contributed by atoms with Gasteiger partial charge in [-0.1, -0.05) is 18.2 Å². The van der Waals surface area contributed by atoms with Crippen molar-refractivity contribution in [1.29, 1.82) is 0 Å². The van der Waals surface area contributed by atoms with Crippen molar-refractivity contribution < 1.29 is 4.79 Å². The maximum Gasteiger partial charge on any atom is 0.264 e. The second-order valence-electron chi connectivity index (χ2n) is 5.25. The molecule has 1 aliphatic heterocycles. The molecule has 6 nitrogen and oxygen atoms in total. The average Bonchev–Trinajstić information content (AvgIpc) is 2.55. The summed E-state index contributed by atoms with van der Waals surface area (Å²) in [5, 5.41) is 4.38. The first-order valence-electron chi connectivity index (χ1n) is 7.15. The minimum atomic E-state index is -0.306. The highest BCUT2D eigenvalue weighted by Gasteiger charge is 2.24. The van der Waals surface area contributed by atoms with Crippen LogP contribution >= 0.6 is 0 Å². The number of carbonyl (C=O) groups is 1. The number of hydrogen-bond acceptors (Lipinski definition) is 5. The summed E-state index contributed by atoms with van der Waals surface area (Å²) in [5.41, 5.74) is 4.34. The lowest BCUT2D eigenvalue weighted by atomic mass is 10.0. The zero-order chi connectivity index (χ0) is 15.5. The number of hydrogen-bond donors (Lipinski definition) is 1. The molecule has 1 aliphatic rings. The SMILES string of the molecule is CC1CCC(=NNc2ccccc2)c2ncc(C=O)c(=O)n21. The molecule has 1 aromatic carbocycles. The topological polar surface area (TPSA) is 76.3 Å². The third kappa shape index (κ3) is 2.55. The molecular weight excluding hydrogens is 280 g/mol. The van der Waals surface area contributed by atoms with Gasteiger partial charge in [-0.3, -0.25) is 19.6 Å². The summed E-state index contributed by atoms with van der Waals surface area (Å²) in [4.78, 5) is 27.5. The monoisotopic (exact) mass is 296 g/mol. The van der Waals surface area contributed by atoms with E-state index in [1.54, 1.807) is 4.57 Å². The van der Waals surface area contributed by atoms with Crippen LogP contribution in [-0.4, -0.2) is 21.5 Å². The van der Waals surface area contributed by atoms with E-state index in [9.17, 15) is 9.59 Å². The number of aromatic nitrogens is 2. The van der Waals surface area contributed by atoms with Crippen LogP contribution in [0.15, 0.2) is 46.4 Å². The van der Waals surface area contributed by atoms with Gasteiger partial charge in [-0.25, -0.2) is 4.98 Å². The number of nitrogens with one attached hydrogen (secondary N) is 1. The number of carbonyl (C=O) groups excluding carboxylic acids is 1. The molecule has 6 heteroatoms. The molecule has 0 saturated carbocycles. The summed E-state index contributed by atoms with van der Waals surface area (Å²) in [6.07, 6.45) is 3.38. The van der Waals surface area contributed by atoms with Crippen molar-refractivity contribution in [2.45, 2.75) is 25.8 Å². The van der Waals surface area contributed by atoms with Crippen molar-refractivity contribution in [1.82, 2.24) is 9.55 Å². The number of aldehydes is 1. The molecule has 0 radical (unpaired) electrons. The summed E-state index contributed by atoms with van der Waals surface area (Å²) in [6.45, 7) is 1.95. The van der Waals surface area contributed by atoms with E-state index in [1.165, 1.54) is 6.20 Å². The van der Waals surface area contributed by atoms with Gasteiger partial charge in [-0.15, -0.1) is 0 Å². The Bertz CT molecular complexity index is 780. The van der Waals surface area contributed by atoms with Crippen molar-refractivity contribution in [2.75, 3.05) is 5.43 Å². The van der Waals surface area contributed by atoms with Crippen LogP contribution in [-0.2, 0) is 0 Å². The first-order valence-corrected chi connectivity index (χ1v) is 7.15. The Hall–Kier alpha value is -2.76. The Morgan fingerprint density at radius 2 is 2.14 bits per heavy atom. The van der Waals surface area contributed by atoms with Gasteiger partial charge in [0.15, 0.2) is 12.1 Å². The molecule has 2 heterocycles. The van der Waals surface area contributed by atoms with Crippen LogP contribution in [0.25, 0.3) is 0 Å². The normalized spacial score (nSPS) is 18.8. The number of nitrogens with zero attached hydrogens (tertiary/aromatic N) is 3. The number of benzene rings is 1. The quantitative estimate of drug-likeness (QED) is 0.696. The predicted octanol–water partition coefficient (Wildman–Crippen LogP) is 2.23. The van der Waals surface area contributed by atoms with Crippen LogP contribution in [0.5, 0.6) is 0 Å². The van der Waals surface area contributed by atoms with Gasteiger partial charge in [0.1, 0.15) is 5.71 Å². The Labute approximate surface area is 127 Å². The van der Waals surface area contributed by atoms with Gasteiger partial charge in [0.05, 0.1) is 11.3 Å². The van der Waals surface area contributed by atoms with E-state index in [1.807, 2.05) is 37.3 Å². The van der Waals surface area contributed by atoms with E-state index in [0.717, 1.165) is 24.2 Å². The van der Waals surface area contributed by atoms with Gasteiger partial charge in [0.2, 0.25) is 0 Å². The summed E-state index contributed by atoms with van der Waals surface area (Å²) < 4.78 is 1.55. The average molecular weight is 296 g/mol. The highest BCUT2D eigenvalue weighted by atomic mass is 16.1. The van der Waals surface area contributed by atoms with Gasteiger partial charge >= 0.3 is 0 Å². The van der Waals surface area contributed by atoms with E-state index in [-0.39, 0.29) is 17.2 Å². The number of para-hydroxylation sites is 1. The standard InChI is InChI=1S/C16H16N4O2/c1-11-7-8-14(19-18-13-5-3-2-4-6-13)15-17-9-12(10-21)16(22)20(11)15/h2-6,9-11,18H,7-8H2,1H3. The minimum absolute atomic E-state index is 0.00516. The molecule has 0 amide bonds. The highest BCUT2D eigenvalue weighted by Crippen LogP contribution is 2.21. The second kappa shape index (κ2) is 5.93. The summed E-state index contributed by atoms with van der Waals surface area (Å²) in [5.74, 6) is 0.526. The third-order valence-corrected chi connectivity index (χ3v) is 3.74. The van der Waals surface area contributed by atoms with Crippen LogP contribution in [0.3, 0.4) is 0 Å². The maximum atomic E-state index is 12.3. The summed E-state index contributed by atoms with van der Waals surface area (Å²) >= 11 is 0. The molecule has 1 N–H and O–H groups in total. The van der Waals surface area contributed by atoms with Crippen molar-refractivity contribution in [3.8, 4) is 0 Å². The van der Waals surface area contributed by atoms with Gasteiger partial charge < -0.3 is 0 Å². The lowest BCUT2D eigenvalue weighted by Crippen LogP contribution is -2.36. The van der Waals surface area contributed by atoms with Crippen molar-refractivity contribution in [3.05, 3.63) is 58.3 Å². The van der Waals surface area contributed by atoms with Crippen LogP contribution in [0, 0.1) is 0 Å². The van der Waals surface area contributed by atoms with Crippen LogP contribution in [0.4, 0.5) is 5.69 Å². The van der Waals surface area contributed by atoms with E-state index in [0.29, 0.717) is 12.1 Å². The van der Waals surface area contributed by atoms with Crippen molar-refractivity contribution >= 4 is 17.7 Å². The number of anilines is 1. The Morgan fingerprint density at radius 1 is 1.36 bits per heavy atom. The molecule has 0 saturated heterocycles. The zero-order valence-corrected chi connectivity index (χ0v) is 12.2. The molecule has 0 fully saturated rings. The Kier molecular flexibility index (Phi) is 3.82. The van der Waals surface area contributed by atoms with Gasteiger partial charge in [0, 0.05) is 12.2 Å². The first-order chi connectivity index (χ1) is 10.7. The molecule has 1 aromatic heterocycles. The lowest BCUT2D eigenvalue weighted by molar-refractivity contribution is 0.112. The van der Waals surface area contributed by atoms with Crippen LogP contribution in [0.2, 0.25) is 0 Å². The van der Waals surface area contributed by atoms with Gasteiger partial charge in [-0.05, 0) is 31.9 Å².